The van der Waals surface area contributed by atoms with Crippen molar-refractivity contribution in [3.63, 3.8) is 0 Å². The van der Waals surface area contributed by atoms with Crippen molar-refractivity contribution in [3.8, 4) is 0 Å². The third-order valence-electron chi connectivity index (χ3n) is 3.06. The van der Waals surface area contributed by atoms with Crippen LogP contribution in [0.15, 0.2) is 17.5 Å². The normalized spacial score (nSPS) is 18.4. The molecule has 1 atom stereocenters. The molecular formula is C12H19NS. The molecule has 0 saturated heterocycles. The number of hydrogen-bond donors (Lipinski definition) is 1. The average Bonchev–Trinajstić information content (AvgIpc) is 2.90. The van der Waals surface area contributed by atoms with Crippen LogP contribution in [0.1, 0.15) is 30.6 Å². The molecule has 0 radical (unpaired) electrons. The van der Waals surface area contributed by atoms with Gasteiger partial charge in [-0.15, -0.1) is 11.3 Å². The Morgan fingerprint density at radius 1 is 1.57 bits per heavy atom. The highest BCUT2D eigenvalue weighted by Crippen LogP contribution is 2.34. The fourth-order valence-electron chi connectivity index (χ4n) is 1.86. The number of hydrogen-bond acceptors (Lipinski definition) is 2. The lowest BCUT2D eigenvalue weighted by molar-refractivity contribution is 0.487. The third-order valence-corrected chi connectivity index (χ3v) is 3.95. The second-order valence-electron chi connectivity index (χ2n) is 4.29. The lowest BCUT2D eigenvalue weighted by Crippen LogP contribution is -2.27. The van der Waals surface area contributed by atoms with E-state index in [0.29, 0.717) is 6.04 Å². The van der Waals surface area contributed by atoms with Gasteiger partial charge >= 0.3 is 0 Å². The molecule has 0 aromatic carbocycles. The number of rotatable bonds is 6. The Hall–Kier alpha value is -0.340. The maximum absolute atomic E-state index is 3.43. The van der Waals surface area contributed by atoms with Crippen molar-refractivity contribution in [2.24, 2.45) is 5.92 Å². The molecule has 2 heteroatoms. The predicted molar refractivity (Wildman–Crippen MR) is 62.8 cm³/mol. The molecule has 1 saturated carbocycles. The van der Waals surface area contributed by atoms with E-state index in [2.05, 4.69) is 29.9 Å². The second-order valence-corrected chi connectivity index (χ2v) is 5.32. The molecule has 0 aliphatic heterocycles. The van der Waals surface area contributed by atoms with E-state index in [0.717, 1.165) is 5.92 Å². The zero-order valence-electron chi connectivity index (χ0n) is 8.83. The van der Waals surface area contributed by atoms with Crippen LogP contribution in [0.25, 0.3) is 0 Å². The maximum atomic E-state index is 3.43. The summed E-state index contributed by atoms with van der Waals surface area (Å²) < 4.78 is 0. The first-order valence-corrected chi connectivity index (χ1v) is 6.46. The molecule has 78 valence electrons. The summed E-state index contributed by atoms with van der Waals surface area (Å²) in [6.07, 6.45) is 6.95. The van der Waals surface area contributed by atoms with Crippen LogP contribution in [0.5, 0.6) is 0 Å². The van der Waals surface area contributed by atoms with Gasteiger partial charge in [0.2, 0.25) is 0 Å². The minimum atomic E-state index is 0.689. The zero-order chi connectivity index (χ0) is 9.80. The summed E-state index contributed by atoms with van der Waals surface area (Å²) in [5, 5.41) is 5.60. The van der Waals surface area contributed by atoms with Gasteiger partial charge in [-0.3, -0.25) is 0 Å². The fourth-order valence-corrected chi connectivity index (χ4v) is 2.65. The molecule has 1 fully saturated rings. The van der Waals surface area contributed by atoms with E-state index in [4.69, 9.17) is 0 Å². The van der Waals surface area contributed by atoms with E-state index in [1.807, 2.05) is 11.3 Å². The van der Waals surface area contributed by atoms with Gasteiger partial charge in [-0.2, -0.15) is 0 Å². The molecule has 0 bridgehead atoms. The highest BCUT2D eigenvalue weighted by molar-refractivity contribution is 7.09. The molecule has 1 heterocycles. The van der Waals surface area contributed by atoms with Gasteiger partial charge in [0.1, 0.15) is 0 Å². The molecule has 1 unspecified atom stereocenters. The summed E-state index contributed by atoms with van der Waals surface area (Å²) in [7, 11) is 2.09. The summed E-state index contributed by atoms with van der Waals surface area (Å²) in [6.45, 7) is 0. The Labute approximate surface area is 90.5 Å². The van der Waals surface area contributed by atoms with Crippen LogP contribution in [0, 0.1) is 5.92 Å². The topological polar surface area (TPSA) is 12.0 Å². The van der Waals surface area contributed by atoms with Crippen molar-refractivity contribution in [1.82, 2.24) is 5.32 Å². The lowest BCUT2D eigenvalue weighted by atomic mass is 10.1. The second kappa shape index (κ2) is 4.94. The minimum Gasteiger partial charge on any atom is -0.317 e. The molecule has 0 amide bonds. The van der Waals surface area contributed by atoms with Crippen molar-refractivity contribution in [3.05, 3.63) is 22.4 Å². The van der Waals surface area contributed by atoms with Crippen LogP contribution in [0.3, 0.4) is 0 Å². The SMILES string of the molecule is CNC(CCC1CC1)Cc1cccs1. The van der Waals surface area contributed by atoms with Gasteiger partial charge in [-0.1, -0.05) is 18.9 Å². The Morgan fingerprint density at radius 2 is 2.43 bits per heavy atom. The van der Waals surface area contributed by atoms with Crippen LogP contribution in [-0.2, 0) is 6.42 Å². The van der Waals surface area contributed by atoms with Gasteiger partial charge < -0.3 is 5.32 Å². The molecule has 1 aliphatic carbocycles. The predicted octanol–water partition coefficient (Wildman–Crippen LogP) is 3.07. The Morgan fingerprint density at radius 3 is 3.00 bits per heavy atom. The van der Waals surface area contributed by atoms with E-state index < -0.39 is 0 Å². The van der Waals surface area contributed by atoms with Gasteiger partial charge in [-0.05, 0) is 43.7 Å². The summed E-state index contributed by atoms with van der Waals surface area (Å²) in [5.74, 6) is 1.06. The average molecular weight is 209 g/mol. The van der Waals surface area contributed by atoms with Crippen molar-refractivity contribution < 1.29 is 0 Å². The number of nitrogens with one attached hydrogen (secondary N) is 1. The van der Waals surface area contributed by atoms with E-state index in [-0.39, 0.29) is 0 Å². The zero-order valence-corrected chi connectivity index (χ0v) is 9.65. The summed E-state index contributed by atoms with van der Waals surface area (Å²) in [4.78, 5) is 1.51. The van der Waals surface area contributed by atoms with Crippen molar-refractivity contribution in [2.75, 3.05) is 7.05 Å². The molecule has 1 nitrogen and oxygen atoms in total. The monoisotopic (exact) mass is 209 g/mol. The van der Waals surface area contributed by atoms with Gasteiger partial charge in [0.15, 0.2) is 0 Å². The van der Waals surface area contributed by atoms with E-state index in [1.165, 1.54) is 37.0 Å². The Balaban J connectivity index is 1.74. The van der Waals surface area contributed by atoms with Crippen LogP contribution >= 0.6 is 11.3 Å². The lowest BCUT2D eigenvalue weighted by Gasteiger charge is -2.14. The molecule has 1 aromatic rings. The van der Waals surface area contributed by atoms with E-state index >= 15 is 0 Å². The summed E-state index contributed by atoms with van der Waals surface area (Å²) in [6, 6.07) is 5.08. The van der Waals surface area contributed by atoms with Crippen molar-refractivity contribution in [1.29, 1.82) is 0 Å². The van der Waals surface area contributed by atoms with E-state index in [1.54, 1.807) is 0 Å². The molecular weight excluding hydrogens is 190 g/mol. The van der Waals surface area contributed by atoms with Gasteiger partial charge in [0, 0.05) is 10.9 Å². The van der Waals surface area contributed by atoms with Crippen molar-refractivity contribution >= 4 is 11.3 Å². The first-order chi connectivity index (χ1) is 6.88. The quantitative estimate of drug-likeness (QED) is 0.759. The standard InChI is InChI=1S/C12H19NS/c1-13-11(7-6-10-4-5-10)9-12-3-2-8-14-12/h2-3,8,10-11,13H,4-7,9H2,1H3. The van der Waals surface area contributed by atoms with Crippen LogP contribution in [-0.4, -0.2) is 13.1 Å². The molecule has 0 spiro atoms. The third kappa shape index (κ3) is 3.10. The summed E-state index contributed by atoms with van der Waals surface area (Å²) >= 11 is 1.88. The van der Waals surface area contributed by atoms with Gasteiger partial charge in [0.05, 0.1) is 0 Å². The van der Waals surface area contributed by atoms with E-state index in [9.17, 15) is 0 Å². The highest BCUT2D eigenvalue weighted by atomic mass is 32.1. The van der Waals surface area contributed by atoms with Crippen LogP contribution < -0.4 is 5.32 Å². The molecule has 14 heavy (non-hydrogen) atoms. The molecule has 2 rings (SSSR count). The largest absolute Gasteiger partial charge is 0.317 e. The van der Waals surface area contributed by atoms with Crippen molar-refractivity contribution in [2.45, 2.75) is 38.1 Å². The first-order valence-electron chi connectivity index (χ1n) is 5.58. The molecule has 1 N–H and O–H groups in total. The van der Waals surface area contributed by atoms with Gasteiger partial charge in [-0.25, -0.2) is 0 Å². The van der Waals surface area contributed by atoms with Gasteiger partial charge in [0.25, 0.3) is 0 Å². The maximum Gasteiger partial charge on any atom is 0.0112 e. The Bertz CT molecular complexity index is 251. The fraction of sp³-hybridized carbons (Fsp3) is 0.667. The number of likely N-dealkylation sites (N-methyl/N-ethyl adjacent to an activating group) is 1. The highest BCUT2D eigenvalue weighted by Gasteiger charge is 2.22. The van der Waals surface area contributed by atoms with Crippen LogP contribution in [0.2, 0.25) is 0 Å². The molecule has 1 aliphatic rings. The number of thiophene rings is 1. The van der Waals surface area contributed by atoms with Crippen LogP contribution in [0.4, 0.5) is 0 Å². The first kappa shape index (κ1) is 10.2. The minimum absolute atomic E-state index is 0.689. The summed E-state index contributed by atoms with van der Waals surface area (Å²) in [5.41, 5.74) is 0. The Kier molecular flexibility index (Phi) is 3.60. The molecule has 1 aromatic heterocycles. The smallest absolute Gasteiger partial charge is 0.0112 e.